The van der Waals surface area contributed by atoms with Crippen LogP contribution in [0.1, 0.15) is 26.7 Å². The number of rotatable bonds is 4. The predicted molar refractivity (Wildman–Crippen MR) is 67.8 cm³/mol. The van der Waals surface area contributed by atoms with Crippen LogP contribution in [0.25, 0.3) is 0 Å². The third kappa shape index (κ3) is 2.46. The molecule has 1 aromatic carbocycles. The number of nitrogen functional groups attached to an aromatic ring is 1. The Morgan fingerprint density at radius 1 is 1.41 bits per heavy atom. The van der Waals surface area contributed by atoms with Crippen LogP contribution in [0.15, 0.2) is 12.1 Å². The fourth-order valence-corrected chi connectivity index (χ4v) is 2.10. The lowest BCUT2D eigenvalue weighted by atomic mass is 9.98. The van der Waals surface area contributed by atoms with Gasteiger partial charge in [-0.15, -0.1) is 0 Å². The third-order valence-electron chi connectivity index (χ3n) is 3.37. The number of hydrogen-bond acceptors (Lipinski definition) is 3. The van der Waals surface area contributed by atoms with E-state index in [2.05, 4.69) is 19.2 Å². The minimum Gasteiger partial charge on any atom is -0.495 e. The summed E-state index contributed by atoms with van der Waals surface area (Å²) in [6, 6.07) is 2.92. The van der Waals surface area contributed by atoms with Crippen molar-refractivity contribution in [1.29, 1.82) is 0 Å². The summed E-state index contributed by atoms with van der Waals surface area (Å²) in [6.07, 6.45) is 2.40. The molecule has 0 heterocycles. The minimum absolute atomic E-state index is 0.0953. The number of methoxy groups -OCH3 is 1. The second-order valence-electron chi connectivity index (χ2n) is 5.19. The summed E-state index contributed by atoms with van der Waals surface area (Å²) in [5.74, 6) is 0.781. The lowest BCUT2D eigenvalue weighted by molar-refractivity contribution is 0.415. The van der Waals surface area contributed by atoms with Crippen LogP contribution in [-0.2, 0) is 0 Å². The summed E-state index contributed by atoms with van der Waals surface area (Å²) < 4.78 is 18.9. The van der Waals surface area contributed by atoms with Gasteiger partial charge < -0.3 is 15.8 Å². The Morgan fingerprint density at radius 2 is 2.06 bits per heavy atom. The van der Waals surface area contributed by atoms with Crippen molar-refractivity contribution in [3.63, 3.8) is 0 Å². The van der Waals surface area contributed by atoms with Crippen LogP contribution >= 0.6 is 0 Å². The lowest BCUT2D eigenvalue weighted by Crippen LogP contribution is -2.33. The van der Waals surface area contributed by atoms with Crippen molar-refractivity contribution in [3.05, 3.63) is 17.9 Å². The summed E-state index contributed by atoms with van der Waals surface area (Å²) in [7, 11) is 1.53. The largest absolute Gasteiger partial charge is 0.495 e. The molecule has 3 N–H and O–H groups in total. The highest BCUT2D eigenvalue weighted by Crippen LogP contribution is 2.42. The first-order valence-electron chi connectivity index (χ1n) is 5.85. The average molecular weight is 238 g/mol. The second-order valence-corrected chi connectivity index (χ2v) is 5.19. The first-order valence-corrected chi connectivity index (χ1v) is 5.85. The standard InChI is InChI=1S/C13H19FN2O/c1-13(2,8-4-5-8)16-11-7-12(17-3)10(15)6-9(11)14/h6-8,16H,4-5,15H2,1-3H3. The molecular formula is C13H19FN2O. The number of ether oxygens (including phenoxy) is 1. The molecule has 0 aromatic heterocycles. The number of halogens is 1. The molecule has 1 aliphatic rings. The molecule has 0 aliphatic heterocycles. The van der Waals surface area contributed by atoms with Gasteiger partial charge in [-0.1, -0.05) is 0 Å². The molecule has 17 heavy (non-hydrogen) atoms. The molecule has 0 radical (unpaired) electrons. The van der Waals surface area contributed by atoms with Gasteiger partial charge in [0.15, 0.2) is 0 Å². The van der Waals surface area contributed by atoms with Crippen LogP contribution in [0.2, 0.25) is 0 Å². The highest BCUT2D eigenvalue weighted by atomic mass is 19.1. The van der Waals surface area contributed by atoms with Gasteiger partial charge in [-0.05, 0) is 32.6 Å². The normalized spacial score (nSPS) is 15.8. The zero-order chi connectivity index (χ0) is 12.6. The van der Waals surface area contributed by atoms with Crippen LogP contribution in [0, 0.1) is 11.7 Å². The van der Waals surface area contributed by atoms with E-state index in [-0.39, 0.29) is 11.4 Å². The predicted octanol–water partition coefficient (Wildman–Crippen LogP) is 3.02. The van der Waals surface area contributed by atoms with Gasteiger partial charge in [0, 0.05) is 17.7 Å². The van der Waals surface area contributed by atoms with E-state index in [0.717, 1.165) is 0 Å². The quantitative estimate of drug-likeness (QED) is 0.793. The average Bonchev–Trinajstić information content (AvgIpc) is 3.05. The van der Waals surface area contributed by atoms with Crippen molar-refractivity contribution in [1.82, 2.24) is 0 Å². The van der Waals surface area contributed by atoms with E-state index >= 15 is 0 Å². The maximum atomic E-state index is 13.8. The smallest absolute Gasteiger partial charge is 0.148 e. The van der Waals surface area contributed by atoms with E-state index in [9.17, 15) is 4.39 Å². The molecule has 1 aromatic rings. The molecule has 4 heteroatoms. The van der Waals surface area contributed by atoms with Gasteiger partial charge in [-0.3, -0.25) is 0 Å². The first kappa shape index (κ1) is 12.0. The van der Waals surface area contributed by atoms with Gasteiger partial charge in [0.1, 0.15) is 11.6 Å². The number of nitrogens with two attached hydrogens (primary N) is 1. The highest BCUT2D eigenvalue weighted by Gasteiger charge is 2.38. The van der Waals surface area contributed by atoms with Crippen LogP contribution < -0.4 is 15.8 Å². The summed E-state index contributed by atoms with van der Waals surface area (Å²) in [4.78, 5) is 0. The Labute approximate surface area is 101 Å². The van der Waals surface area contributed by atoms with Crippen molar-refractivity contribution in [3.8, 4) is 5.75 Å². The van der Waals surface area contributed by atoms with E-state index in [1.165, 1.54) is 26.0 Å². The molecule has 3 nitrogen and oxygen atoms in total. The van der Waals surface area contributed by atoms with Crippen molar-refractivity contribution in [2.75, 3.05) is 18.2 Å². The van der Waals surface area contributed by atoms with E-state index in [1.807, 2.05) is 0 Å². The molecule has 0 bridgehead atoms. The lowest BCUT2D eigenvalue weighted by Gasteiger charge is -2.28. The van der Waals surface area contributed by atoms with Gasteiger partial charge >= 0.3 is 0 Å². The fourth-order valence-electron chi connectivity index (χ4n) is 2.10. The van der Waals surface area contributed by atoms with Crippen LogP contribution in [0.5, 0.6) is 5.75 Å². The van der Waals surface area contributed by atoms with Crippen molar-refractivity contribution >= 4 is 11.4 Å². The molecule has 1 saturated carbocycles. The van der Waals surface area contributed by atoms with E-state index < -0.39 is 0 Å². The van der Waals surface area contributed by atoms with E-state index in [4.69, 9.17) is 10.5 Å². The van der Waals surface area contributed by atoms with Crippen molar-refractivity contribution in [2.24, 2.45) is 5.92 Å². The molecule has 0 saturated heterocycles. The zero-order valence-electron chi connectivity index (χ0n) is 10.5. The summed E-state index contributed by atoms with van der Waals surface area (Å²) >= 11 is 0. The molecular weight excluding hydrogens is 219 g/mol. The molecule has 2 rings (SSSR count). The molecule has 1 aliphatic carbocycles. The van der Waals surface area contributed by atoms with Gasteiger partial charge in [-0.25, -0.2) is 4.39 Å². The molecule has 0 unspecified atom stereocenters. The van der Waals surface area contributed by atoms with Crippen molar-refractivity contribution in [2.45, 2.75) is 32.2 Å². The Bertz CT molecular complexity index is 428. The summed E-state index contributed by atoms with van der Waals surface area (Å²) in [5, 5.41) is 3.24. The number of anilines is 2. The Morgan fingerprint density at radius 3 is 2.59 bits per heavy atom. The first-order chi connectivity index (χ1) is 7.94. The minimum atomic E-state index is -0.336. The molecule has 1 fully saturated rings. The zero-order valence-corrected chi connectivity index (χ0v) is 10.5. The SMILES string of the molecule is COc1cc(NC(C)(C)C2CC2)c(F)cc1N. The molecule has 0 spiro atoms. The van der Waals surface area contributed by atoms with Gasteiger partial charge in [0.25, 0.3) is 0 Å². The second kappa shape index (κ2) is 4.09. The fraction of sp³-hybridized carbons (Fsp3) is 0.538. The number of benzene rings is 1. The summed E-state index contributed by atoms with van der Waals surface area (Å²) in [6.45, 7) is 4.18. The summed E-state index contributed by atoms with van der Waals surface area (Å²) in [5.41, 5.74) is 6.32. The number of nitrogens with one attached hydrogen (secondary N) is 1. The molecule has 94 valence electrons. The number of hydrogen-bond donors (Lipinski definition) is 2. The Kier molecular flexibility index (Phi) is 2.89. The highest BCUT2D eigenvalue weighted by molar-refractivity contribution is 5.63. The van der Waals surface area contributed by atoms with Gasteiger partial charge in [-0.2, -0.15) is 0 Å². The van der Waals surface area contributed by atoms with E-state index in [1.54, 1.807) is 6.07 Å². The van der Waals surface area contributed by atoms with Gasteiger partial charge in [0.2, 0.25) is 0 Å². The maximum absolute atomic E-state index is 13.8. The maximum Gasteiger partial charge on any atom is 0.148 e. The third-order valence-corrected chi connectivity index (χ3v) is 3.37. The van der Waals surface area contributed by atoms with Crippen LogP contribution in [-0.4, -0.2) is 12.6 Å². The Hall–Kier alpha value is -1.45. The monoisotopic (exact) mass is 238 g/mol. The Balaban J connectivity index is 2.25. The van der Waals surface area contributed by atoms with E-state index in [0.29, 0.717) is 23.0 Å². The van der Waals surface area contributed by atoms with Crippen LogP contribution in [0.4, 0.5) is 15.8 Å². The van der Waals surface area contributed by atoms with Gasteiger partial charge in [0.05, 0.1) is 18.5 Å². The molecule has 0 atom stereocenters. The van der Waals surface area contributed by atoms with Crippen molar-refractivity contribution < 1.29 is 9.13 Å². The topological polar surface area (TPSA) is 47.3 Å². The molecule has 0 amide bonds. The van der Waals surface area contributed by atoms with Crippen LogP contribution in [0.3, 0.4) is 0 Å².